The van der Waals surface area contributed by atoms with Crippen LogP contribution in [0.5, 0.6) is 5.75 Å². The number of hydrogen-bond donors (Lipinski definition) is 1. The molecule has 5 rings (SSSR count). The first kappa shape index (κ1) is 17.5. The van der Waals surface area contributed by atoms with E-state index in [1.54, 1.807) is 6.07 Å². The summed E-state index contributed by atoms with van der Waals surface area (Å²) >= 11 is 0. The number of fused-ring (bicyclic) bond motifs is 5. The van der Waals surface area contributed by atoms with Crippen molar-refractivity contribution < 1.29 is 9.90 Å². The van der Waals surface area contributed by atoms with E-state index in [1.165, 1.54) is 5.56 Å². The first-order chi connectivity index (χ1) is 13.3. The summed E-state index contributed by atoms with van der Waals surface area (Å²) in [5, 5.41) is 10.6. The van der Waals surface area contributed by atoms with Gasteiger partial charge in [-0.2, -0.15) is 0 Å². The number of aliphatic imine (C=N–C) groups is 1. The summed E-state index contributed by atoms with van der Waals surface area (Å²) in [6.45, 7) is 7.48. The van der Waals surface area contributed by atoms with E-state index in [2.05, 4.69) is 36.7 Å². The second kappa shape index (κ2) is 5.69. The van der Waals surface area contributed by atoms with Gasteiger partial charge in [-0.3, -0.25) is 9.79 Å². The van der Waals surface area contributed by atoms with Crippen molar-refractivity contribution in [1.29, 1.82) is 0 Å². The fourth-order valence-corrected chi connectivity index (χ4v) is 5.65. The summed E-state index contributed by atoms with van der Waals surface area (Å²) in [7, 11) is 0. The van der Waals surface area contributed by atoms with Crippen molar-refractivity contribution in [3.05, 3.63) is 58.7 Å². The van der Waals surface area contributed by atoms with E-state index in [0.29, 0.717) is 12.3 Å². The number of phenolic OH excluding ortho intramolecular Hbond substituents is 1. The van der Waals surface area contributed by atoms with Crippen molar-refractivity contribution in [1.82, 2.24) is 4.90 Å². The molecule has 2 bridgehead atoms. The molecule has 2 aromatic carbocycles. The van der Waals surface area contributed by atoms with Crippen molar-refractivity contribution in [2.45, 2.75) is 51.5 Å². The third-order valence-corrected chi connectivity index (χ3v) is 7.71. The first-order valence-electron chi connectivity index (χ1n) is 10.1. The van der Waals surface area contributed by atoms with Crippen molar-refractivity contribution in [2.24, 2.45) is 10.4 Å². The summed E-state index contributed by atoms with van der Waals surface area (Å²) in [5.74, 6) is 0.503. The van der Waals surface area contributed by atoms with Crippen LogP contribution in [0.25, 0.3) is 0 Å². The Morgan fingerprint density at radius 1 is 1.18 bits per heavy atom. The van der Waals surface area contributed by atoms with E-state index in [0.717, 1.165) is 41.6 Å². The number of rotatable bonds is 1. The van der Waals surface area contributed by atoms with Gasteiger partial charge >= 0.3 is 0 Å². The van der Waals surface area contributed by atoms with Gasteiger partial charge in [0, 0.05) is 41.8 Å². The lowest BCUT2D eigenvalue weighted by atomic mass is 9.50. The number of carbonyl (C=O) groups is 1. The summed E-state index contributed by atoms with van der Waals surface area (Å²) in [6, 6.07) is 11.8. The molecule has 0 saturated carbocycles. The molecule has 3 aliphatic rings. The Morgan fingerprint density at radius 3 is 2.82 bits per heavy atom. The minimum atomic E-state index is -0.154. The van der Waals surface area contributed by atoms with E-state index in [1.807, 2.05) is 30.5 Å². The highest BCUT2D eigenvalue weighted by Crippen LogP contribution is 2.58. The molecular formula is C24H26N2O2. The zero-order valence-electron chi connectivity index (χ0n) is 16.7. The van der Waals surface area contributed by atoms with Gasteiger partial charge in [0.2, 0.25) is 0 Å². The van der Waals surface area contributed by atoms with Crippen LogP contribution in [-0.4, -0.2) is 34.7 Å². The Kier molecular flexibility index (Phi) is 3.55. The maximum atomic E-state index is 13.5. The average Bonchev–Trinajstić information content (AvgIpc) is 3.11. The summed E-state index contributed by atoms with van der Waals surface area (Å²) in [4.78, 5) is 19.9. The molecule has 28 heavy (non-hydrogen) atoms. The summed E-state index contributed by atoms with van der Waals surface area (Å²) in [6.07, 6.45) is 4.34. The van der Waals surface area contributed by atoms with Crippen LogP contribution in [0.15, 0.2) is 41.4 Å². The van der Waals surface area contributed by atoms with Crippen molar-refractivity contribution in [3.8, 4) is 5.75 Å². The van der Waals surface area contributed by atoms with Crippen molar-refractivity contribution in [3.63, 3.8) is 0 Å². The van der Waals surface area contributed by atoms with E-state index in [4.69, 9.17) is 0 Å². The molecular weight excluding hydrogens is 348 g/mol. The minimum Gasteiger partial charge on any atom is -0.508 e. The van der Waals surface area contributed by atoms with Crippen LogP contribution in [-0.2, 0) is 18.3 Å². The lowest BCUT2D eigenvalue weighted by Gasteiger charge is -2.60. The van der Waals surface area contributed by atoms with E-state index < -0.39 is 0 Å². The van der Waals surface area contributed by atoms with Crippen LogP contribution in [0.2, 0.25) is 0 Å². The fourth-order valence-electron chi connectivity index (χ4n) is 5.65. The van der Waals surface area contributed by atoms with Crippen LogP contribution in [0.1, 0.15) is 54.2 Å². The maximum Gasteiger partial charge on any atom is 0.254 e. The Morgan fingerprint density at radius 2 is 2.00 bits per heavy atom. The normalized spacial score (nSPS) is 26.7. The minimum absolute atomic E-state index is 0.109. The molecule has 4 heteroatoms. The Bertz CT molecular complexity index is 1020. The van der Waals surface area contributed by atoms with Gasteiger partial charge in [-0.05, 0) is 53.6 Å². The number of piperidine rings is 1. The summed E-state index contributed by atoms with van der Waals surface area (Å²) < 4.78 is 0. The van der Waals surface area contributed by atoms with Gasteiger partial charge in [-0.25, -0.2) is 0 Å². The van der Waals surface area contributed by atoms with Gasteiger partial charge in [0.05, 0.1) is 5.69 Å². The van der Waals surface area contributed by atoms with Crippen LogP contribution < -0.4 is 0 Å². The standard InChI is InChI=1S/C24H26N2O2/c1-23(2)20-14-16-5-4-6-19(27)21(16)24(23,3)10-12-26(20)22(28)17-7-8-18-15(13-17)9-11-25-18/h4-8,11,13,20,27H,9-10,12,14H2,1-3H3. The molecule has 2 atom stereocenters. The quantitative estimate of drug-likeness (QED) is 0.804. The van der Waals surface area contributed by atoms with Crippen LogP contribution in [0.3, 0.4) is 0 Å². The fraction of sp³-hybridized carbons (Fsp3) is 0.417. The van der Waals surface area contributed by atoms with E-state index >= 15 is 0 Å². The molecule has 1 amide bonds. The monoisotopic (exact) mass is 374 g/mol. The Balaban J connectivity index is 1.55. The second-order valence-electron chi connectivity index (χ2n) is 9.19. The van der Waals surface area contributed by atoms with Crippen LogP contribution >= 0.6 is 0 Å². The summed E-state index contributed by atoms with van der Waals surface area (Å²) in [5.41, 5.74) is 4.83. The number of aromatic hydroxyl groups is 1. The molecule has 2 heterocycles. The number of phenols is 1. The zero-order valence-corrected chi connectivity index (χ0v) is 16.7. The van der Waals surface area contributed by atoms with E-state index in [-0.39, 0.29) is 22.8 Å². The average molecular weight is 374 g/mol. The van der Waals surface area contributed by atoms with Gasteiger partial charge in [0.25, 0.3) is 5.91 Å². The molecule has 2 unspecified atom stereocenters. The molecule has 2 aromatic rings. The predicted molar refractivity (Wildman–Crippen MR) is 111 cm³/mol. The third-order valence-electron chi connectivity index (χ3n) is 7.71. The van der Waals surface area contributed by atoms with Gasteiger partial charge in [-0.1, -0.05) is 32.9 Å². The smallest absolute Gasteiger partial charge is 0.254 e. The van der Waals surface area contributed by atoms with Gasteiger partial charge in [-0.15, -0.1) is 0 Å². The largest absolute Gasteiger partial charge is 0.508 e. The van der Waals surface area contributed by atoms with Crippen molar-refractivity contribution >= 4 is 17.8 Å². The highest BCUT2D eigenvalue weighted by Gasteiger charge is 2.57. The second-order valence-corrected chi connectivity index (χ2v) is 9.19. The number of hydrogen-bond acceptors (Lipinski definition) is 3. The highest BCUT2D eigenvalue weighted by molar-refractivity contribution is 5.96. The third kappa shape index (κ3) is 2.17. The van der Waals surface area contributed by atoms with Crippen molar-refractivity contribution in [2.75, 3.05) is 6.54 Å². The molecule has 2 aliphatic heterocycles. The lowest BCUT2D eigenvalue weighted by molar-refractivity contribution is -0.0271. The first-order valence-corrected chi connectivity index (χ1v) is 10.1. The predicted octanol–water partition coefficient (Wildman–Crippen LogP) is 4.41. The van der Waals surface area contributed by atoms with Gasteiger partial charge in [0.15, 0.2) is 0 Å². The number of likely N-dealkylation sites (tertiary alicyclic amines) is 1. The zero-order chi connectivity index (χ0) is 19.7. The number of carbonyl (C=O) groups excluding carboxylic acids is 1. The maximum absolute atomic E-state index is 13.5. The Hall–Kier alpha value is -2.62. The lowest BCUT2D eigenvalue weighted by Crippen LogP contribution is -2.64. The molecule has 1 saturated heterocycles. The molecule has 0 aromatic heterocycles. The van der Waals surface area contributed by atoms with E-state index in [9.17, 15) is 9.90 Å². The molecule has 0 radical (unpaired) electrons. The van der Waals surface area contributed by atoms with Crippen LogP contribution in [0, 0.1) is 5.41 Å². The molecule has 144 valence electrons. The molecule has 0 spiro atoms. The SMILES string of the molecule is CC12CCN(C(=O)c3ccc4c(c3)CC=N4)C(Cc3cccc(O)c31)C2(C)C. The molecule has 1 aliphatic carbocycles. The Labute approximate surface area is 165 Å². The van der Waals surface area contributed by atoms with Gasteiger partial charge < -0.3 is 10.0 Å². The van der Waals surface area contributed by atoms with Gasteiger partial charge in [0.1, 0.15) is 5.75 Å². The molecule has 1 N–H and O–H groups in total. The topological polar surface area (TPSA) is 52.9 Å². The number of benzene rings is 2. The number of nitrogens with zero attached hydrogens (tertiary/aromatic N) is 2. The number of amides is 1. The highest BCUT2D eigenvalue weighted by atomic mass is 16.3. The molecule has 1 fully saturated rings. The molecule has 4 nitrogen and oxygen atoms in total. The van der Waals surface area contributed by atoms with Crippen LogP contribution in [0.4, 0.5) is 5.69 Å².